The highest BCUT2D eigenvalue weighted by molar-refractivity contribution is 9.10. The number of aliphatic hydroxyl groups excluding tert-OH is 1. The Balaban J connectivity index is 2.33. The fourth-order valence-electron chi connectivity index (χ4n) is 1.73. The van der Waals surface area contributed by atoms with Crippen molar-refractivity contribution in [1.29, 1.82) is 0 Å². The van der Waals surface area contributed by atoms with Crippen LogP contribution in [0.15, 0.2) is 46.9 Å². The van der Waals surface area contributed by atoms with Crippen LogP contribution < -0.4 is 0 Å². The van der Waals surface area contributed by atoms with Crippen molar-refractivity contribution in [1.82, 2.24) is 0 Å². The third kappa shape index (κ3) is 2.98. The van der Waals surface area contributed by atoms with Crippen LogP contribution in [0.4, 0.5) is 13.2 Å². The van der Waals surface area contributed by atoms with E-state index in [1.54, 1.807) is 6.07 Å². The van der Waals surface area contributed by atoms with E-state index >= 15 is 0 Å². The van der Waals surface area contributed by atoms with Gasteiger partial charge in [0.05, 0.1) is 4.47 Å². The normalized spacial score (nSPS) is 12.7. The fourth-order valence-corrected chi connectivity index (χ4v) is 2.12. The summed E-state index contributed by atoms with van der Waals surface area (Å²) in [5, 5.41) is 10.1. The first-order valence-corrected chi connectivity index (χ1v) is 6.30. The van der Waals surface area contributed by atoms with E-state index in [9.17, 15) is 18.3 Å². The molecule has 0 saturated carbocycles. The van der Waals surface area contributed by atoms with Crippen LogP contribution in [0.5, 0.6) is 0 Å². The molecule has 0 amide bonds. The van der Waals surface area contributed by atoms with Crippen LogP contribution in [0, 0.1) is 5.82 Å². The first-order valence-electron chi connectivity index (χ1n) is 5.50. The van der Waals surface area contributed by atoms with Crippen molar-refractivity contribution in [3.05, 3.63) is 69.4 Å². The molecule has 0 saturated heterocycles. The Morgan fingerprint density at radius 2 is 1.53 bits per heavy atom. The average molecular weight is 331 g/mol. The van der Waals surface area contributed by atoms with Gasteiger partial charge in [-0.2, -0.15) is 0 Å². The summed E-state index contributed by atoms with van der Waals surface area (Å²) in [6.07, 6.45) is -3.75. The summed E-state index contributed by atoms with van der Waals surface area (Å²) in [6.45, 7) is 0. The molecule has 2 rings (SSSR count). The Hall–Kier alpha value is -1.33. The first kappa shape index (κ1) is 14.1. The van der Waals surface area contributed by atoms with Gasteiger partial charge in [-0.25, -0.2) is 13.2 Å². The van der Waals surface area contributed by atoms with Gasteiger partial charge in [0, 0.05) is 11.1 Å². The smallest absolute Gasteiger partial charge is 0.263 e. The largest absolute Gasteiger partial charge is 0.384 e. The van der Waals surface area contributed by atoms with Crippen molar-refractivity contribution in [3.63, 3.8) is 0 Å². The number of benzene rings is 2. The van der Waals surface area contributed by atoms with Crippen molar-refractivity contribution < 1.29 is 18.3 Å². The van der Waals surface area contributed by atoms with Crippen LogP contribution in [0.25, 0.3) is 0 Å². The molecule has 1 unspecified atom stereocenters. The minimum Gasteiger partial charge on any atom is -0.384 e. The molecule has 1 N–H and O–H groups in total. The second-order valence-corrected chi connectivity index (χ2v) is 4.87. The predicted octanol–water partition coefficient (Wildman–Crippen LogP) is 4.61. The van der Waals surface area contributed by atoms with Gasteiger partial charge in [-0.15, -0.1) is 0 Å². The molecule has 0 aromatic heterocycles. The second-order valence-electron chi connectivity index (χ2n) is 4.01. The van der Waals surface area contributed by atoms with E-state index in [-0.39, 0.29) is 15.6 Å². The van der Waals surface area contributed by atoms with Crippen LogP contribution in [0.2, 0.25) is 0 Å². The Morgan fingerprint density at radius 3 is 2.11 bits per heavy atom. The van der Waals surface area contributed by atoms with E-state index in [1.165, 1.54) is 36.4 Å². The van der Waals surface area contributed by atoms with Gasteiger partial charge in [0.2, 0.25) is 0 Å². The lowest BCUT2D eigenvalue weighted by Crippen LogP contribution is -2.03. The van der Waals surface area contributed by atoms with Gasteiger partial charge in [-0.1, -0.05) is 36.4 Å². The van der Waals surface area contributed by atoms with Gasteiger partial charge >= 0.3 is 0 Å². The maximum Gasteiger partial charge on any atom is 0.263 e. The molecule has 0 radical (unpaired) electrons. The SMILES string of the molecule is OC(c1ccc(C(F)F)cc1)c1cccc(Br)c1F. The van der Waals surface area contributed by atoms with Crippen molar-refractivity contribution in [3.8, 4) is 0 Å². The predicted molar refractivity (Wildman–Crippen MR) is 69.6 cm³/mol. The third-order valence-electron chi connectivity index (χ3n) is 2.78. The first-order chi connectivity index (χ1) is 9.00. The number of rotatable bonds is 3. The summed E-state index contributed by atoms with van der Waals surface area (Å²) in [6, 6.07) is 9.74. The Bertz CT molecular complexity index is 569. The molecular weight excluding hydrogens is 321 g/mol. The highest BCUT2D eigenvalue weighted by Crippen LogP contribution is 2.29. The molecule has 0 fully saturated rings. The molecule has 5 heteroatoms. The molecule has 0 heterocycles. The van der Waals surface area contributed by atoms with E-state index in [2.05, 4.69) is 15.9 Å². The van der Waals surface area contributed by atoms with Gasteiger partial charge in [0.15, 0.2) is 0 Å². The van der Waals surface area contributed by atoms with E-state index in [1.807, 2.05) is 0 Å². The van der Waals surface area contributed by atoms with E-state index in [0.717, 1.165) is 0 Å². The maximum atomic E-state index is 13.8. The zero-order chi connectivity index (χ0) is 14.0. The molecule has 1 atom stereocenters. The Morgan fingerprint density at radius 1 is 0.947 bits per heavy atom. The Kier molecular flexibility index (Phi) is 4.27. The van der Waals surface area contributed by atoms with Crippen molar-refractivity contribution in [2.45, 2.75) is 12.5 Å². The van der Waals surface area contributed by atoms with E-state index in [0.29, 0.717) is 5.56 Å². The minimum atomic E-state index is -2.56. The lowest BCUT2D eigenvalue weighted by molar-refractivity contribution is 0.151. The van der Waals surface area contributed by atoms with Gasteiger partial charge < -0.3 is 5.11 Å². The second kappa shape index (κ2) is 5.75. The van der Waals surface area contributed by atoms with Gasteiger partial charge in [-0.05, 0) is 27.6 Å². The highest BCUT2D eigenvalue weighted by Gasteiger charge is 2.17. The van der Waals surface area contributed by atoms with Crippen LogP contribution in [-0.4, -0.2) is 5.11 Å². The third-order valence-corrected chi connectivity index (χ3v) is 3.39. The molecule has 2 aromatic rings. The number of halogens is 4. The van der Waals surface area contributed by atoms with Crippen LogP contribution in [-0.2, 0) is 0 Å². The molecule has 2 aromatic carbocycles. The van der Waals surface area contributed by atoms with Crippen LogP contribution in [0.3, 0.4) is 0 Å². The molecule has 0 bridgehead atoms. The monoisotopic (exact) mass is 330 g/mol. The zero-order valence-electron chi connectivity index (χ0n) is 9.66. The topological polar surface area (TPSA) is 20.2 Å². The summed E-state index contributed by atoms with van der Waals surface area (Å²) in [4.78, 5) is 0. The quantitative estimate of drug-likeness (QED) is 0.871. The zero-order valence-corrected chi connectivity index (χ0v) is 11.2. The van der Waals surface area contributed by atoms with E-state index in [4.69, 9.17) is 0 Å². The summed E-state index contributed by atoms with van der Waals surface area (Å²) in [7, 11) is 0. The van der Waals surface area contributed by atoms with Crippen LogP contribution in [0.1, 0.15) is 29.2 Å². The van der Waals surface area contributed by atoms with Gasteiger partial charge in [0.1, 0.15) is 11.9 Å². The summed E-state index contributed by atoms with van der Waals surface area (Å²) >= 11 is 3.03. The van der Waals surface area contributed by atoms with Gasteiger partial charge in [0.25, 0.3) is 6.43 Å². The molecular formula is C14H10BrF3O. The molecule has 0 aliphatic rings. The molecule has 1 nitrogen and oxygen atoms in total. The molecule has 0 spiro atoms. The van der Waals surface area contributed by atoms with Crippen molar-refractivity contribution in [2.24, 2.45) is 0 Å². The molecule has 19 heavy (non-hydrogen) atoms. The van der Waals surface area contributed by atoms with Gasteiger partial charge in [-0.3, -0.25) is 0 Å². The Labute approximate surface area is 116 Å². The number of alkyl halides is 2. The highest BCUT2D eigenvalue weighted by atomic mass is 79.9. The molecule has 0 aliphatic carbocycles. The van der Waals surface area contributed by atoms with E-state index < -0.39 is 18.3 Å². The summed E-state index contributed by atoms with van der Waals surface area (Å²) in [5.74, 6) is -0.562. The van der Waals surface area contributed by atoms with Crippen LogP contribution >= 0.6 is 15.9 Å². The van der Waals surface area contributed by atoms with Crippen molar-refractivity contribution >= 4 is 15.9 Å². The molecule has 100 valence electrons. The number of hydrogen-bond acceptors (Lipinski definition) is 1. The minimum absolute atomic E-state index is 0.0965. The maximum absolute atomic E-state index is 13.8. The number of hydrogen-bond donors (Lipinski definition) is 1. The lowest BCUT2D eigenvalue weighted by atomic mass is 10.00. The summed E-state index contributed by atoms with van der Waals surface area (Å²) in [5.41, 5.74) is 0.325. The van der Waals surface area contributed by atoms with Crippen molar-refractivity contribution in [2.75, 3.05) is 0 Å². The average Bonchev–Trinajstić information content (AvgIpc) is 2.41. The lowest BCUT2D eigenvalue weighted by Gasteiger charge is -2.13. The summed E-state index contributed by atoms with van der Waals surface area (Å²) < 4.78 is 38.9. The number of aliphatic hydroxyl groups is 1. The fraction of sp³-hybridized carbons (Fsp3) is 0.143. The molecule has 0 aliphatic heterocycles. The standard InChI is InChI=1S/C14H10BrF3O/c15-11-3-1-2-10(12(11)16)13(19)8-4-6-9(7-5-8)14(17)18/h1-7,13-14,19H.